The molecule has 7 heteroatoms. The van der Waals surface area contributed by atoms with Crippen molar-refractivity contribution in [2.24, 2.45) is 15.7 Å². The third kappa shape index (κ3) is 3.08. The van der Waals surface area contributed by atoms with Gasteiger partial charge in [-0.2, -0.15) is 0 Å². The van der Waals surface area contributed by atoms with Gasteiger partial charge in [-0.15, -0.1) is 0 Å². The largest absolute Gasteiger partial charge is 0.491 e. The molecule has 23 heavy (non-hydrogen) atoms. The Labute approximate surface area is 135 Å². The molecule has 3 heterocycles. The van der Waals surface area contributed by atoms with Crippen LogP contribution in [0.25, 0.3) is 11.4 Å². The van der Waals surface area contributed by atoms with Crippen LogP contribution in [0.5, 0.6) is 5.75 Å². The van der Waals surface area contributed by atoms with E-state index in [0.29, 0.717) is 37.1 Å². The Bertz CT molecular complexity index is 786. The summed E-state index contributed by atoms with van der Waals surface area (Å²) < 4.78 is 7.85. The summed E-state index contributed by atoms with van der Waals surface area (Å²) in [4.78, 5) is 17.8. The van der Waals surface area contributed by atoms with Gasteiger partial charge in [-0.05, 0) is 20.8 Å². The van der Waals surface area contributed by atoms with Gasteiger partial charge in [-0.1, -0.05) is 0 Å². The lowest BCUT2D eigenvalue weighted by atomic mass is 10.2. The maximum atomic E-state index is 5.80. The summed E-state index contributed by atoms with van der Waals surface area (Å²) >= 11 is 0. The maximum absolute atomic E-state index is 5.80. The van der Waals surface area contributed by atoms with Crippen LogP contribution in [-0.4, -0.2) is 39.4 Å². The third-order valence-electron chi connectivity index (χ3n) is 3.43. The number of hydrogen-bond donors (Lipinski definition) is 1. The Morgan fingerprint density at radius 1 is 1.48 bits per heavy atom. The molecule has 0 unspecified atom stereocenters. The van der Waals surface area contributed by atoms with E-state index in [-0.39, 0.29) is 0 Å². The lowest BCUT2D eigenvalue weighted by Crippen LogP contribution is -2.11. The Morgan fingerprint density at radius 3 is 3.04 bits per heavy atom. The van der Waals surface area contributed by atoms with Crippen molar-refractivity contribution < 1.29 is 4.74 Å². The molecule has 0 saturated heterocycles. The zero-order chi connectivity index (χ0) is 16.4. The molecule has 2 aromatic rings. The first-order chi connectivity index (χ1) is 11.1. The summed E-state index contributed by atoms with van der Waals surface area (Å²) in [6.45, 7) is 7.55. The summed E-state index contributed by atoms with van der Waals surface area (Å²) in [5, 5.41) is 0. The lowest BCUT2D eigenvalue weighted by Gasteiger charge is -2.06. The number of aromatic nitrogens is 3. The Hall–Kier alpha value is -2.70. The predicted molar refractivity (Wildman–Crippen MR) is 90.1 cm³/mol. The number of amidine groups is 2. The van der Waals surface area contributed by atoms with Crippen LogP contribution in [0.15, 0.2) is 28.4 Å². The van der Waals surface area contributed by atoms with Gasteiger partial charge in [0.1, 0.15) is 23.9 Å². The highest BCUT2D eigenvalue weighted by Gasteiger charge is 2.20. The number of nitrogens with two attached hydrogens (primary N) is 1. The number of nitrogens with zero attached hydrogens (tertiary/aromatic N) is 5. The van der Waals surface area contributed by atoms with Crippen LogP contribution in [0, 0.1) is 6.92 Å². The first kappa shape index (κ1) is 15.2. The monoisotopic (exact) mass is 312 g/mol. The summed E-state index contributed by atoms with van der Waals surface area (Å²) in [5.74, 6) is 2.63. The smallest absolute Gasteiger partial charge is 0.176 e. The zero-order valence-corrected chi connectivity index (χ0v) is 13.6. The molecular formula is C16H20N6O. The van der Waals surface area contributed by atoms with E-state index < -0.39 is 0 Å². The zero-order valence-electron chi connectivity index (χ0n) is 13.6. The van der Waals surface area contributed by atoms with Crippen LogP contribution in [0.4, 0.5) is 0 Å². The first-order valence-corrected chi connectivity index (χ1v) is 7.61. The third-order valence-corrected chi connectivity index (χ3v) is 3.43. The van der Waals surface area contributed by atoms with Gasteiger partial charge >= 0.3 is 0 Å². The second kappa shape index (κ2) is 6.20. The number of ether oxygens (including phenoxy) is 1. The van der Waals surface area contributed by atoms with Crippen molar-refractivity contribution >= 4 is 11.7 Å². The van der Waals surface area contributed by atoms with Gasteiger partial charge in [-0.3, -0.25) is 9.98 Å². The fraction of sp³-hybridized carbons (Fsp3) is 0.375. The average Bonchev–Trinajstić information content (AvgIpc) is 2.83. The van der Waals surface area contributed by atoms with Crippen LogP contribution in [-0.2, 0) is 6.54 Å². The number of aryl methyl sites for hydroxylation is 1. The van der Waals surface area contributed by atoms with Crippen molar-refractivity contribution in [3.05, 3.63) is 29.8 Å². The van der Waals surface area contributed by atoms with Crippen LogP contribution in [0.2, 0.25) is 0 Å². The second-order valence-corrected chi connectivity index (χ2v) is 5.36. The summed E-state index contributed by atoms with van der Waals surface area (Å²) in [5.41, 5.74) is 8.21. The van der Waals surface area contributed by atoms with Crippen LogP contribution < -0.4 is 10.5 Å². The van der Waals surface area contributed by atoms with Gasteiger partial charge in [0.2, 0.25) is 0 Å². The highest BCUT2D eigenvalue weighted by Crippen LogP contribution is 2.31. The van der Waals surface area contributed by atoms with E-state index in [4.69, 9.17) is 15.5 Å². The van der Waals surface area contributed by atoms with E-state index in [0.717, 1.165) is 22.8 Å². The molecule has 0 amide bonds. The van der Waals surface area contributed by atoms with Gasteiger partial charge in [0.15, 0.2) is 5.84 Å². The van der Waals surface area contributed by atoms with Crippen molar-refractivity contribution in [1.29, 1.82) is 0 Å². The quantitative estimate of drug-likeness (QED) is 0.676. The van der Waals surface area contributed by atoms with Gasteiger partial charge in [0.05, 0.1) is 17.9 Å². The molecule has 120 valence electrons. The molecule has 2 aromatic heterocycles. The van der Waals surface area contributed by atoms with Gasteiger partial charge in [-0.25, -0.2) is 9.98 Å². The number of rotatable bonds is 2. The normalized spacial score (nSPS) is 14.7. The number of hydrogen-bond acceptors (Lipinski definition) is 4. The minimum atomic E-state index is 0.460. The van der Waals surface area contributed by atoms with E-state index in [1.54, 1.807) is 13.1 Å². The van der Waals surface area contributed by atoms with Gasteiger partial charge in [0.25, 0.3) is 0 Å². The highest BCUT2D eigenvalue weighted by atomic mass is 16.5. The number of aliphatic imine (C=N–C) groups is 2. The van der Waals surface area contributed by atoms with Crippen LogP contribution >= 0.6 is 0 Å². The highest BCUT2D eigenvalue weighted by molar-refractivity contribution is 6.04. The summed E-state index contributed by atoms with van der Waals surface area (Å²) in [6.07, 6.45) is 3.74. The Balaban J connectivity index is 2.11. The topological polar surface area (TPSA) is 90.7 Å². The molecule has 1 aliphatic rings. The van der Waals surface area contributed by atoms with Crippen molar-refractivity contribution in [3.63, 3.8) is 0 Å². The van der Waals surface area contributed by atoms with Crippen LogP contribution in [0.3, 0.4) is 0 Å². The molecule has 3 rings (SSSR count). The minimum Gasteiger partial charge on any atom is -0.491 e. The fourth-order valence-corrected chi connectivity index (χ4v) is 2.48. The van der Waals surface area contributed by atoms with E-state index in [9.17, 15) is 0 Å². The van der Waals surface area contributed by atoms with E-state index in [1.165, 1.54) is 0 Å². The molecule has 0 spiro atoms. The van der Waals surface area contributed by atoms with Crippen molar-refractivity contribution in [3.8, 4) is 17.1 Å². The summed E-state index contributed by atoms with van der Waals surface area (Å²) in [6, 6.07) is 1.93. The van der Waals surface area contributed by atoms with Gasteiger partial charge in [0, 0.05) is 30.7 Å². The molecule has 2 N–H and O–H groups in total. The molecule has 7 nitrogen and oxygen atoms in total. The van der Waals surface area contributed by atoms with E-state index in [1.807, 2.05) is 30.7 Å². The second-order valence-electron chi connectivity index (χ2n) is 5.36. The van der Waals surface area contributed by atoms with Crippen molar-refractivity contribution in [2.45, 2.75) is 27.3 Å². The summed E-state index contributed by atoms with van der Waals surface area (Å²) in [7, 11) is 0. The molecule has 0 aliphatic carbocycles. The number of pyridine rings is 1. The molecule has 0 atom stereocenters. The minimum absolute atomic E-state index is 0.460. The van der Waals surface area contributed by atoms with Crippen LogP contribution in [0.1, 0.15) is 25.2 Å². The fourth-order valence-electron chi connectivity index (χ4n) is 2.48. The Morgan fingerprint density at radius 2 is 2.30 bits per heavy atom. The average molecular weight is 312 g/mol. The van der Waals surface area contributed by atoms with Crippen molar-refractivity contribution in [1.82, 2.24) is 14.5 Å². The molecule has 0 fully saturated rings. The molecule has 0 radical (unpaired) electrons. The maximum Gasteiger partial charge on any atom is 0.176 e. The lowest BCUT2D eigenvalue weighted by molar-refractivity contribution is 0.306. The van der Waals surface area contributed by atoms with E-state index >= 15 is 0 Å². The predicted octanol–water partition coefficient (Wildman–Crippen LogP) is 1.79. The van der Waals surface area contributed by atoms with Gasteiger partial charge < -0.3 is 15.0 Å². The number of fused-ring (bicyclic) bond motifs is 3. The molecular weight excluding hydrogens is 292 g/mol. The molecule has 0 bridgehead atoms. The van der Waals surface area contributed by atoms with Crippen molar-refractivity contribution in [2.75, 3.05) is 13.2 Å². The SMILES string of the molecule is CCN=C(N=C(C)N)c1cn2c(n1)-c1cnc(C)cc1OCC2. The van der Waals surface area contributed by atoms with E-state index in [2.05, 4.69) is 15.0 Å². The standard InChI is InChI=1S/C16H20N6O/c1-4-18-15(20-11(3)17)13-9-22-5-6-23-14-7-10(2)19-8-12(14)16(22)21-13/h7-9H,4-6H2,1-3H3,(H2,17,18,20). The number of imidazole rings is 1. The molecule has 1 aliphatic heterocycles. The molecule has 0 aromatic carbocycles. The Kier molecular flexibility index (Phi) is 4.10. The first-order valence-electron chi connectivity index (χ1n) is 7.61. The molecule has 0 saturated carbocycles.